The van der Waals surface area contributed by atoms with Crippen LogP contribution in [-0.4, -0.2) is 30.5 Å². The molecule has 1 aromatic heterocycles. The summed E-state index contributed by atoms with van der Waals surface area (Å²) in [6, 6.07) is -0.807. The highest BCUT2D eigenvalue weighted by molar-refractivity contribution is 7.91. The molecule has 1 rings (SSSR count). The van der Waals surface area contributed by atoms with Crippen LogP contribution in [0.25, 0.3) is 0 Å². The monoisotopic (exact) mass is 307 g/mol. The smallest absolute Gasteiger partial charge is 0.326 e. The van der Waals surface area contributed by atoms with E-state index < -0.39 is 22.0 Å². The lowest BCUT2D eigenvalue weighted by atomic mass is 10.0. The fourth-order valence-corrected chi connectivity index (χ4v) is 3.46. The number of primary sulfonamides is 1. The number of anilines is 1. The number of carboxylic acids is 1. The van der Waals surface area contributed by atoms with Gasteiger partial charge in [-0.2, -0.15) is 0 Å². The number of nitrogens with one attached hydrogen (secondary N) is 1. The number of nitrogens with zero attached hydrogens (tertiary/aromatic N) is 1. The number of hydrogen-bond acceptors (Lipinski definition) is 6. The van der Waals surface area contributed by atoms with Crippen molar-refractivity contribution < 1.29 is 18.3 Å². The van der Waals surface area contributed by atoms with Crippen LogP contribution in [0.5, 0.6) is 0 Å². The molecule has 9 heteroatoms. The molecule has 1 heterocycles. The van der Waals surface area contributed by atoms with Gasteiger partial charge in [0.05, 0.1) is 5.69 Å². The lowest BCUT2D eigenvalue weighted by molar-refractivity contribution is -0.138. The van der Waals surface area contributed by atoms with E-state index in [1.165, 1.54) is 6.92 Å². The van der Waals surface area contributed by atoms with E-state index in [0.29, 0.717) is 6.42 Å². The fraction of sp³-hybridized carbons (Fsp3) is 0.600. The zero-order valence-corrected chi connectivity index (χ0v) is 12.5. The van der Waals surface area contributed by atoms with Gasteiger partial charge in [-0.15, -0.1) is 0 Å². The van der Waals surface area contributed by atoms with Crippen LogP contribution in [0.2, 0.25) is 0 Å². The molecular formula is C10H17N3O4S2. The molecule has 1 unspecified atom stereocenters. The third-order valence-electron chi connectivity index (χ3n) is 2.32. The van der Waals surface area contributed by atoms with Crippen molar-refractivity contribution in [3.05, 3.63) is 5.69 Å². The Morgan fingerprint density at radius 2 is 2.11 bits per heavy atom. The van der Waals surface area contributed by atoms with Gasteiger partial charge in [0.1, 0.15) is 6.04 Å². The van der Waals surface area contributed by atoms with E-state index in [4.69, 9.17) is 10.2 Å². The number of aryl methyl sites for hydroxylation is 1. The van der Waals surface area contributed by atoms with Crippen molar-refractivity contribution in [1.29, 1.82) is 0 Å². The number of sulfonamides is 1. The number of carboxylic acid groups (broad SMARTS) is 1. The van der Waals surface area contributed by atoms with Crippen molar-refractivity contribution in [2.75, 3.05) is 5.32 Å². The Labute approximate surface area is 115 Å². The number of carbonyl (C=O) groups is 1. The Hall–Kier alpha value is -1.19. The summed E-state index contributed by atoms with van der Waals surface area (Å²) in [5.41, 5.74) is 0.267. The van der Waals surface area contributed by atoms with Gasteiger partial charge in [0, 0.05) is 0 Å². The molecule has 0 aliphatic heterocycles. The second-order valence-corrected chi connectivity index (χ2v) is 7.36. The first-order valence-corrected chi connectivity index (χ1v) is 7.97. The first kappa shape index (κ1) is 15.9. The van der Waals surface area contributed by atoms with Crippen molar-refractivity contribution in [1.82, 2.24) is 4.98 Å². The van der Waals surface area contributed by atoms with E-state index in [0.717, 1.165) is 11.3 Å². The molecule has 0 bridgehead atoms. The fourth-order valence-electron chi connectivity index (χ4n) is 1.55. The summed E-state index contributed by atoms with van der Waals surface area (Å²) in [7, 11) is -3.82. The van der Waals surface area contributed by atoms with E-state index in [1.807, 2.05) is 13.8 Å². The minimum Gasteiger partial charge on any atom is -0.480 e. The number of hydrogen-bond donors (Lipinski definition) is 3. The quantitative estimate of drug-likeness (QED) is 0.721. The largest absolute Gasteiger partial charge is 0.480 e. The van der Waals surface area contributed by atoms with E-state index in [-0.39, 0.29) is 21.0 Å². The van der Waals surface area contributed by atoms with E-state index in [9.17, 15) is 13.2 Å². The predicted molar refractivity (Wildman–Crippen MR) is 72.7 cm³/mol. The summed E-state index contributed by atoms with van der Waals surface area (Å²) in [5.74, 6) is -0.814. The van der Waals surface area contributed by atoms with E-state index in [2.05, 4.69) is 10.3 Å². The maximum atomic E-state index is 11.3. The normalized spacial score (nSPS) is 13.5. The van der Waals surface area contributed by atoms with Crippen LogP contribution < -0.4 is 10.5 Å². The second kappa shape index (κ2) is 5.85. The molecule has 1 aromatic rings. The molecule has 0 aliphatic carbocycles. The molecule has 1 atom stereocenters. The van der Waals surface area contributed by atoms with Crippen LogP contribution in [0.15, 0.2) is 4.21 Å². The Kier molecular flexibility index (Phi) is 4.88. The van der Waals surface area contributed by atoms with Gasteiger partial charge < -0.3 is 10.4 Å². The first-order valence-electron chi connectivity index (χ1n) is 5.60. The summed E-state index contributed by atoms with van der Waals surface area (Å²) >= 11 is 0.841. The van der Waals surface area contributed by atoms with Gasteiger partial charge in [0.2, 0.25) is 10.0 Å². The number of rotatable bonds is 6. The van der Waals surface area contributed by atoms with Crippen molar-refractivity contribution in [3.8, 4) is 0 Å². The highest BCUT2D eigenvalue weighted by Gasteiger charge is 2.23. The highest BCUT2D eigenvalue weighted by atomic mass is 32.2. The van der Waals surface area contributed by atoms with Gasteiger partial charge >= 0.3 is 5.97 Å². The van der Waals surface area contributed by atoms with Crippen molar-refractivity contribution >= 4 is 32.5 Å². The molecule has 108 valence electrons. The van der Waals surface area contributed by atoms with Crippen LogP contribution in [-0.2, 0) is 14.8 Å². The van der Waals surface area contributed by atoms with Crippen molar-refractivity contribution in [2.24, 2.45) is 11.1 Å². The van der Waals surface area contributed by atoms with E-state index in [1.54, 1.807) is 0 Å². The third kappa shape index (κ3) is 4.44. The van der Waals surface area contributed by atoms with E-state index >= 15 is 0 Å². The van der Waals surface area contributed by atoms with Crippen molar-refractivity contribution in [3.63, 3.8) is 0 Å². The molecule has 0 saturated heterocycles. The second-order valence-electron chi connectivity index (χ2n) is 4.60. The maximum Gasteiger partial charge on any atom is 0.326 e. The van der Waals surface area contributed by atoms with Gasteiger partial charge in [-0.05, 0) is 19.3 Å². The number of aliphatic carboxylic acids is 1. The van der Waals surface area contributed by atoms with Gasteiger partial charge in [0.25, 0.3) is 0 Å². The standard InChI is InChI=1S/C10H17N3O4S2/c1-5(2)4-7(8(14)15)13-10-12-6(3)9(18-10)19(11,16)17/h5,7H,4H2,1-3H3,(H,12,13)(H,14,15)(H2,11,16,17). The summed E-state index contributed by atoms with van der Waals surface area (Å²) in [5, 5.41) is 17.1. The SMILES string of the molecule is Cc1nc(NC(CC(C)C)C(=O)O)sc1S(N)(=O)=O. The molecule has 0 amide bonds. The zero-order chi connectivity index (χ0) is 14.8. The highest BCUT2D eigenvalue weighted by Crippen LogP contribution is 2.27. The summed E-state index contributed by atoms with van der Waals surface area (Å²) in [4.78, 5) is 15.1. The summed E-state index contributed by atoms with van der Waals surface area (Å²) in [6.07, 6.45) is 0.415. The molecule has 0 radical (unpaired) electrons. The molecule has 0 saturated carbocycles. The minimum absolute atomic E-state index is 0.0521. The molecule has 0 aliphatic rings. The molecule has 0 spiro atoms. The topological polar surface area (TPSA) is 122 Å². The van der Waals surface area contributed by atoms with Crippen molar-refractivity contribution in [2.45, 2.75) is 37.4 Å². The Bertz CT molecular complexity index is 565. The molecule has 7 nitrogen and oxygen atoms in total. The lowest BCUT2D eigenvalue weighted by Crippen LogP contribution is -2.30. The third-order valence-corrected chi connectivity index (χ3v) is 4.96. The number of thiazole rings is 1. The Morgan fingerprint density at radius 3 is 2.47 bits per heavy atom. The van der Waals surface area contributed by atoms with Crippen LogP contribution >= 0.6 is 11.3 Å². The van der Waals surface area contributed by atoms with Gasteiger partial charge in [-0.1, -0.05) is 25.2 Å². The zero-order valence-electron chi connectivity index (χ0n) is 10.9. The first-order chi connectivity index (χ1) is 8.61. The van der Waals surface area contributed by atoms with Crippen LogP contribution in [0.1, 0.15) is 26.0 Å². The van der Waals surface area contributed by atoms with Crippen LogP contribution in [0, 0.1) is 12.8 Å². The van der Waals surface area contributed by atoms with Crippen LogP contribution in [0.3, 0.4) is 0 Å². The minimum atomic E-state index is -3.82. The number of nitrogens with two attached hydrogens (primary N) is 1. The van der Waals surface area contributed by atoms with Gasteiger partial charge in [-0.3, -0.25) is 0 Å². The average Bonchev–Trinajstić information content (AvgIpc) is 2.57. The predicted octanol–water partition coefficient (Wildman–Crippen LogP) is 1.01. The average molecular weight is 307 g/mol. The maximum absolute atomic E-state index is 11.3. The molecule has 19 heavy (non-hydrogen) atoms. The van der Waals surface area contributed by atoms with Gasteiger partial charge in [-0.25, -0.2) is 23.3 Å². The lowest BCUT2D eigenvalue weighted by Gasteiger charge is -2.15. The Morgan fingerprint density at radius 1 is 1.53 bits per heavy atom. The van der Waals surface area contributed by atoms with Gasteiger partial charge in [0.15, 0.2) is 9.34 Å². The number of aromatic nitrogens is 1. The molecule has 4 N–H and O–H groups in total. The molecule has 0 fully saturated rings. The summed E-state index contributed by atoms with van der Waals surface area (Å²) < 4.78 is 22.5. The molecular weight excluding hydrogens is 290 g/mol. The summed E-state index contributed by atoms with van der Waals surface area (Å²) in [6.45, 7) is 5.32. The van der Waals surface area contributed by atoms with Crippen LogP contribution in [0.4, 0.5) is 5.13 Å². The Balaban J connectivity index is 2.96. The molecule has 0 aromatic carbocycles.